The van der Waals surface area contributed by atoms with Gasteiger partial charge in [-0.25, -0.2) is 0 Å². The Bertz CT molecular complexity index is 3290. The second-order valence-corrected chi connectivity index (χ2v) is 15.2. The van der Waals surface area contributed by atoms with Crippen LogP contribution in [0.25, 0.3) is 69.4 Å². The predicted molar refractivity (Wildman–Crippen MR) is 233 cm³/mol. The van der Waals surface area contributed by atoms with Crippen LogP contribution in [0.15, 0.2) is 192 Å². The molecule has 0 amide bonds. The summed E-state index contributed by atoms with van der Waals surface area (Å²) in [5.74, 6) is 0. The lowest BCUT2D eigenvalue weighted by atomic mass is 10.0. The Balaban J connectivity index is 1.05. The highest BCUT2D eigenvalue weighted by Crippen LogP contribution is 2.49. The first-order chi connectivity index (χ1) is 27.3. The summed E-state index contributed by atoms with van der Waals surface area (Å²) in [5.41, 5.74) is 10.8. The monoisotopic (exact) mass is 721 g/mol. The molecule has 0 bridgehead atoms. The topological polar surface area (TPSA) is 24.0 Å². The van der Waals surface area contributed by atoms with E-state index in [9.17, 15) is 0 Å². The van der Waals surface area contributed by atoms with Gasteiger partial charge in [-0.3, -0.25) is 4.40 Å². The summed E-state index contributed by atoms with van der Waals surface area (Å²) >= 11 is 1.87. The molecule has 55 heavy (non-hydrogen) atoms. The molecule has 0 aliphatic heterocycles. The van der Waals surface area contributed by atoms with Crippen molar-refractivity contribution in [2.45, 2.75) is 0 Å². The van der Waals surface area contributed by atoms with Crippen molar-refractivity contribution in [1.29, 1.82) is 0 Å². The van der Waals surface area contributed by atoms with Gasteiger partial charge in [0.05, 0.1) is 5.52 Å². The molecule has 258 valence electrons. The maximum absolute atomic E-state index is 6.85. The van der Waals surface area contributed by atoms with E-state index in [2.05, 4.69) is 202 Å². The van der Waals surface area contributed by atoms with Crippen LogP contribution in [0.1, 0.15) is 0 Å². The number of hydrogen-bond acceptors (Lipinski definition) is 4. The molecule has 0 radical (unpaired) electrons. The smallest absolute Gasteiger partial charge is 0.161 e. The molecule has 4 aromatic heterocycles. The van der Waals surface area contributed by atoms with E-state index >= 15 is 0 Å². The first-order valence-electron chi connectivity index (χ1n) is 18.6. The van der Waals surface area contributed by atoms with E-state index in [-0.39, 0.29) is 0 Å². The summed E-state index contributed by atoms with van der Waals surface area (Å²) in [4.78, 5) is 5.87. The zero-order valence-electron chi connectivity index (χ0n) is 29.6. The minimum absolute atomic E-state index is 0.879. The van der Waals surface area contributed by atoms with Crippen LogP contribution >= 0.6 is 11.3 Å². The maximum atomic E-state index is 6.85. The molecule has 0 saturated heterocycles. The molecule has 4 nitrogen and oxygen atoms in total. The Morgan fingerprint density at radius 3 is 1.58 bits per heavy atom. The zero-order chi connectivity index (χ0) is 36.0. The van der Waals surface area contributed by atoms with Crippen LogP contribution in [0, 0.1) is 0 Å². The molecular formula is C50H31N3OS. The molecule has 8 aromatic carbocycles. The van der Waals surface area contributed by atoms with Gasteiger partial charge in [-0.05, 0) is 102 Å². The SMILES string of the molecule is c1ccc(N(c2ccccc2)c2ccc3cc4c(cc3c2)sc2c4c3cccc4c5oc6cc(N(c7ccccc7)c7ccccc7)ccc6c5n2c43)cc1. The van der Waals surface area contributed by atoms with Crippen molar-refractivity contribution in [2.75, 3.05) is 9.80 Å². The van der Waals surface area contributed by atoms with E-state index in [1.165, 1.54) is 42.0 Å². The number of para-hydroxylation sites is 5. The minimum Gasteiger partial charge on any atom is -0.454 e. The van der Waals surface area contributed by atoms with Gasteiger partial charge in [-0.1, -0.05) is 91.0 Å². The first-order valence-corrected chi connectivity index (χ1v) is 19.4. The third-order valence-corrected chi connectivity index (χ3v) is 12.2. The highest BCUT2D eigenvalue weighted by molar-refractivity contribution is 7.26. The summed E-state index contributed by atoms with van der Waals surface area (Å²) in [6, 6.07) is 67.2. The zero-order valence-corrected chi connectivity index (χ0v) is 30.4. The molecule has 5 heteroatoms. The summed E-state index contributed by atoms with van der Waals surface area (Å²) in [7, 11) is 0. The molecule has 0 aliphatic rings. The van der Waals surface area contributed by atoms with Crippen LogP contribution in [-0.4, -0.2) is 4.40 Å². The van der Waals surface area contributed by atoms with Crippen LogP contribution in [0.3, 0.4) is 0 Å². The highest BCUT2D eigenvalue weighted by Gasteiger charge is 2.25. The molecule has 12 aromatic rings. The molecule has 0 N–H and O–H groups in total. The lowest BCUT2D eigenvalue weighted by Gasteiger charge is -2.25. The van der Waals surface area contributed by atoms with Gasteiger partial charge in [-0.2, -0.15) is 0 Å². The average molecular weight is 722 g/mol. The van der Waals surface area contributed by atoms with E-state index in [0.29, 0.717) is 0 Å². The summed E-state index contributed by atoms with van der Waals surface area (Å²) < 4.78 is 10.6. The fourth-order valence-corrected chi connectivity index (χ4v) is 9.93. The average Bonchev–Trinajstić information content (AvgIpc) is 3.97. The normalized spacial score (nSPS) is 12.0. The Hall–Kier alpha value is -7.08. The van der Waals surface area contributed by atoms with Crippen molar-refractivity contribution in [3.05, 3.63) is 188 Å². The van der Waals surface area contributed by atoms with Gasteiger partial charge in [0, 0.05) is 71.8 Å². The Morgan fingerprint density at radius 2 is 0.964 bits per heavy atom. The van der Waals surface area contributed by atoms with Crippen LogP contribution < -0.4 is 9.80 Å². The standard InChI is InChI=1S/C50H31N3OS/c1-5-14-34(15-6-1)51(35-16-7-2-8-17-35)38-25-24-32-29-43-45(30-33(32)28-38)55-50-46(43)41-22-13-23-42-47(41)53(50)48-40-27-26-39(31-44(40)54-49(42)48)52(36-18-9-3-10-19-36)37-20-11-4-12-21-37/h1-31H. The molecule has 12 rings (SSSR count). The van der Waals surface area contributed by atoms with Crippen LogP contribution in [0.5, 0.6) is 0 Å². The van der Waals surface area contributed by atoms with E-state index in [1.807, 2.05) is 11.3 Å². The predicted octanol–water partition coefficient (Wildman–Crippen LogP) is 14.9. The Morgan fingerprint density at radius 1 is 0.400 bits per heavy atom. The van der Waals surface area contributed by atoms with Gasteiger partial charge in [0.25, 0.3) is 0 Å². The number of fused-ring (bicyclic) bond motifs is 11. The molecular weight excluding hydrogens is 691 g/mol. The number of anilines is 6. The van der Waals surface area contributed by atoms with Crippen molar-refractivity contribution in [3.8, 4) is 0 Å². The number of thiophene rings is 1. The lowest BCUT2D eigenvalue weighted by molar-refractivity contribution is 0.673. The summed E-state index contributed by atoms with van der Waals surface area (Å²) in [6.07, 6.45) is 0. The van der Waals surface area contributed by atoms with Gasteiger partial charge >= 0.3 is 0 Å². The molecule has 0 unspecified atom stereocenters. The Labute approximate surface area is 320 Å². The maximum Gasteiger partial charge on any atom is 0.161 e. The molecule has 0 spiro atoms. The lowest BCUT2D eigenvalue weighted by Crippen LogP contribution is -2.09. The molecule has 0 aliphatic carbocycles. The summed E-state index contributed by atoms with van der Waals surface area (Å²) in [6.45, 7) is 0. The highest BCUT2D eigenvalue weighted by atomic mass is 32.1. The van der Waals surface area contributed by atoms with E-state index < -0.39 is 0 Å². The third-order valence-electron chi connectivity index (χ3n) is 11.0. The quantitative estimate of drug-likeness (QED) is 0.171. The van der Waals surface area contributed by atoms with Crippen molar-refractivity contribution in [2.24, 2.45) is 0 Å². The Kier molecular flexibility index (Phi) is 6.47. The number of furan rings is 1. The second kappa shape index (κ2) is 11.7. The van der Waals surface area contributed by atoms with Gasteiger partial charge in [0.2, 0.25) is 0 Å². The number of nitrogens with zero attached hydrogens (tertiary/aromatic N) is 3. The van der Waals surface area contributed by atoms with Gasteiger partial charge in [0.1, 0.15) is 15.9 Å². The van der Waals surface area contributed by atoms with E-state index in [1.54, 1.807) is 0 Å². The number of aromatic nitrogens is 1. The van der Waals surface area contributed by atoms with Gasteiger partial charge in [0.15, 0.2) is 5.58 Å². The van der Waals surface area contributed by atoms with Crippen molar-refractivity contribution < 1.29 is 4.42 Å². The van der Waals surface area contributed by atoms with Crippen LogP contribution in [0.4, 0.5) is 34.1 Å². The van der Waals surface area contributed by atoms with Gasteiger partial charge < -0.3 is 14.2 Å². The van der Waals surface area contributed by atoms with Crippen molar-refractivity contribution in [3.63, 3.8) is 0 Å². The second-order valence-electron chi connectivity index (χ2n) is 14.2. The van der Waals surface area contributed by atoms with Crippen molar-refractivity contribution in [1.82, 2.24) is 4.40 Å². The minimum atomic E-state index is 0.879. The number of rotatable bonds is 6. The molecule has 0 atom stereocenters. The molecule has 0 saturated carbocycles. The number of hydrogen-bond donors (Lipinski definition) is 0. The van der Waals surface area contributed by atoms with E-state index in [0.717, 1.165) is 61.6 Å². The van der Waals surface area contributed by atoms with Gasteiger partial charge in [-0.15, -0.1) is 11.3 Å². The first kappa shape index (κ1) is 30.4. The van der Waals surface area contributed by atoms with Crippen LogP contribution in [-0.2, 0) is 0 Å². The molecule has 0 fully saturated rings. The molecule has 4 heterocycles. The fraction of sp³-hybridized carbons (Fsp3) is 0. The number of benzene rings is 8. The van der Waals surface area contributed by atoms with E-state index in [4.69, 9.17) is 4.42 Å². The largest absolute Gasteiger partial charge is 0.454 e. The summed E-state index contributed by atoms with van der Waals surface area (Å²) in [5, 5.41) is 8.60. The van der Waals surface area contributed by atoms with Crippen molar-refractivity contribution >= 4 is 115 Å². The third kappa shape index (κ3) is 4.51. The van der Waals surface area contributed by atoms with Crippen LogP contribution in [0.2, 0.25) is 0 Å². The fourth-order valence-electron chi connectivity index (χ4n) is 8.67.